The highest BCUT2D eigenvalue weighted by molar-refractivity contribution is 5.89. The highest BCUT2D eigenvalue weighted by Crippen LogP contribution is 2.37. The van der Waals surface area contributed by atoms with Gasteiger partial charge in [-0.3, -0.25) is 14.8 Å². The molecule has 6 rings (SSSR count). The summed E-state index contributed by atoms with van der Waals surface area (Å²) < 4.78 is 37.0. The Bertz CT molecular complexity index is 1300. The molecule has 1 unspecified atom stereocenters. The van der Waals surface area contributed by atoms with Crippen LogP contribution in [0.3, 0.4) is 0 Å². The Hall–Kier alpha value is -3.66. The lowest BCUT2D eigenvalue weighted by Gasteiger charge is -2.44. The number of aromatic nitrogens is 2. The number of hydrogen-bond acceptors (Lipinski definition) is 8. The van der Waals surface area contributed by atoms with Crippen LogP contribution in [0.2, 0.25) is 0 Å². The molecule has 0 N–H and O–H groups in total. The van der Waals surface area contributed by atoms with E-state index in [0.717, 1.165) is 18.7 Å². The summed E-state index contributed by atoms with van der Waals surface area (Å²) in [5.41, 5.74) is 2.41. The summed E-state index contributed by atoms with van der Waals surface area (Å²) in [5, 5.41) is 0. The molecule has 0 spiro atoms. The molecule has 2 saturated heterocycles. The van der Waals surface area contributed by atoms with E-state index in [1.807, 2.05) is 18.2 Å². The largest absolute Gasteiger partial charge is 0.486 e. The van der Waals surface area contributed by atoms with E-state index in [2.05, 4.69) is 14.9 Å². The second kappa shape index (κ2) is 9.42. The maximum Gasteiger partial charge on any atom is 0.414 e. The standard InChI is InChI=1S/C26H27FN4O5/c1-33-24-5-3-20-25(29-24)18(19(27)13-28-20)7-9-30-8-6-16-14-31(26(32)36-23(16)15-30)17-2-4-21-22(12-17)35-11-10-34-21/h2-5,12-13,16,23H,6-11,14-15H2,1H3/t16-,23?/m0/s1. The first-order valence-electron chi connectivity index (χ1n) is 12.2. The van der Waals surface area contributed by atoms with Crippen molar-refractivity contribution in [2.45, 2.75) is 18.9 Å². The van der Waals surface area contributed by atoms with Crippen LogP contribution in [0.4, 0.5) is 14.9 Å². The van der Waals surface area contributed by atoms with Crippen LogP contribution in [0.15, 0.2) is 36.5 Å². The SMILES string of the molecule is COc1ccc2ncc(F)c(CCN3CC[C@H]4CN(c5ccc6c(c5)OCCO6)C(=O)OC4C3)c2n1. The number of piperidine rings is 1. The number of fused-ring (bicyclic) bond motifs is 3. The summed E-state index contributed by atoms with van der Waals surface area (Å²) in [6.45, 7) is 3.69. The minimum atomic E-state index is -0.377. The van der Waals surface area contributed by atoms with Gasteiger partial charge in [0.15, 0.2) is 11.5 Å². The van der Waals surface area contributed by atoms with Crippen LogP contribution in [0.5, 0.6) is 17.4 Å². The highest BCUT2D eigenvalue weighted by Gasteiger charge is 2.40. The van der Waals surface area contributed by atoms with Gasteiger partial charge in [0.1, 0.15) is 25.1 Å². The molecule has 2 atom stereocenters. The number of pyridine rings is 2. The van der Waals surface area contributed by atoms with Gasteiger partial charge in [-0.15, -0.1) is 0 Å². The first kappa shape index (κ1) is 22.8. The maximum atomic E-state index is 14.7. The number of likely N-dealkylation sites (tertiary alicyclic amines) is 1. The highest BCUT2D eigenvalue weighted by atomic mass is 19.1. The molecule has 2 aromatic heterocycles. The van der Waals surface area contributed by atoms with Crippen LogP contribution in [-0.2, 0) is 11.2 Å². The molecule has 1 aromatic carbocycles. The van der Waals surface area contributed by atoms with Crippen LogP contribution in [0.25, 0.3) is 11.0 Å². The van der Waals surface area contributed by atoms with Gasteiger partial charge < -0.3 is 18.9 Å². The summed E-state index contributed by atoms with van der Waals surface area (Å²) in [7, 11) is 1.53. The van der Waals surface area contributed by atoms with E-state index >= 15 is 0 Å². The van der Waals surface area contributed by atoms with E-state index in [1.54, 1.807) is 17.0 Å². The Morgan fingerprint density at radius 3 is 2.86 bits per heavy atom. The van der Waals surface area contributed by atoms with Crippen LogP contribution in [-0.4, -0.2) is 73.6 Å². The zero-order chi connectivity index (χ0) is 24.6. The number of anilines is 1. The van der Waals surface area contributed by atoms with Crippen molar-refractivity contribution in [1.29, 1.82) is 0 Å². The molecule has 36 heavy (non-hydrogen) atoms. The molecule has 0 aliphatic carbocycles. The summed E-state index contributed by atoms with van der Waals surface area (Å²) in [4.78, 5) is 25.4. The Labute approximate surface area is 207 Å². The molecule has 0 saturated carbocycles. The fourth-order valence-electron chi connectivity index (χ4n) is 5.19. The van der Waals surface area contributed by atoms with Crippen LogP contribution in [0, 0.1) is 11.7 Å². The minimum Gasteiger partial charge on any atom is -0.486 e. The number of ether oxygens (including phenoxy) is 4. The van der Waals surface area contributed by atoms with Gasteiger partial charge in [-0.1, -0.05) is 0 Å². The number of hydrogen-bond donors (Lipinski definition) is 0. The van der Waals surface area contributed by atoms with E-state index in [9.17, 15) is 9.18 Å². The third-order valence-corrected chi connectivity index (χ3v) is 7.13. The normalized spacial score (nSPS) is 21.7. The number of nitrogens with zero attached hydrogens (tertiary/aromatic N) is 4. The Balaban J connectivity index is 1.12. The summed E-state index contributed by atoms with van der Waals surface area (Å²) in [6, 6.07) is 9.03. The van der Waals surface area contributed by atoms with Crippen molar-refractivity contribution >= 4 is 22.8 Å². The fourth-order valence-corrected chi connectivity index (χ4v) is 5.19. The number of carbonyl (C=O) groups is 1. The number of rotatable bonds is 5. The second-order valence-electron chi connectivity index (χ2n) is 9.27. The average molecular weight is 495 g/mol. The van der Waals surface area contributed by atoms with Crippen molar-refractivity contribution in [2.75, 3.05) is 51.4 Å². The van der Waals surface area contributed by atoms with E-state index in [-0.39, 0.29) is 23.9 Å². The summed E-state index contributed by atoms with van der Waals surface area (Å²) in [6.07, 6.45) is 2.03. The first-order chi connectivity index (χ1) is 17.6. The van der Waals surface area contributed by atoms with Gasteiger partial charge in [-0.05, 0) is 37.6 Å². The Kier molecular flexibility index (Phi) is 5.96. The van der Waals surface area contributed by atoms with Crippen molar-refractivity contribution in [1.82, 2.24) is 14.9 Å². The van der Waals surface area contributed by atoms with Crippen molar-refractivity contribution in [3.63, 3.8) is 0 Å². The van der Waals surface area contributed by atoms with Crippen molar-refractivity contribution in [3.05, 3.63) is 47.9 Å². The molecule has 5 heterocycles. The predicted octanol–water partition coefficient (Wildman–Crippen LogP) is 3.44. The quantitative estimate of drug-likeness (QED) is 0.533. The van der Waals surface area contributed by atoms with Gasteiger partial charge in [-0.25, -0.2) is 14.2 Å². The third-order valence-electron chi connectivity index (χ3n) is 7.13. The predicted molar refractivity (Wildman–Crippen MR) is 129 cm³/mol. The number of halogens is 1. The average Bonchev–Trinajstić information content (AvgIpc) is 2.91. The number of carbonyl (C=O) groups excluding carboxylic acids is 1. The molecular formula is C26H27FN4O5. The van der Waals surface area contributed by atoms with Gasteiger partial charge in [-0.2, -0.15) is 0 Å². The molecule has 3 aliphatic heterocycles. The molecule has 3 aliphatic rings. The molecule has 10 heteroatoms. The summed E-state index contributed by atoms with van der Waals surface area (Å²) in [5.74, 6) is 1.60. The number of amides is 1. The van der Waals surface area contributed by atoms with E-state index in [4.69, 9.17) is 18.9 Å². The lowest BCUT2D eigenvalue weighted by atomic mass is 9.91. The first-order valence-corrected chi connectivity index (χ1v) is 12.2. The van der Waals surface area contributed by atoms with Crippen molar-refractivity contribution in [3.8, 4) is 17.4 Å². The monoisotopic (exact) mass is 494 g/mol. The molecule has 1 amide bonds. The van der Waals surface area contributed by atoms with Gasteiger partial charge in [0.2, 0.25) is 5.88 Å². The molecule has 2 fully saturated rings. The van der Waals surface area contributed by atoms with E-state index < -0.39 is 0 Å². The summed E-state index contributed by atoms with van der Waals surface area (Å²) >= 11 is 0. The van der Waals surface area contributed by atoms with E-state index in [1.165, 1.54) is 13.3 Å². The Morgan fingerprint density at radius 2 is 2.00 bits per heavy atom. The van der Waals surface area contributed by atoms with Crippen LogP contribution < -0.4 is 19.1 Å². The topological polar surface area (TPSA) is 86.2 Å². The molecule has 0 bridgehead atoms. The van der Waals surface area contributed by atoms with E-state index in [0.29, 0.717) is 73.2 Å². The Morgan fingerprint density at radius 1 is 1.14 bits per heavy atom. The fraction of sp³-hybridized carbons (Fsp3) is 0.423. The van der Waals surface area contributed by atoms with Crippen LogP contribution >= 0.6 is 0 Å². The van der Waals surface area contributed by atoms with Gasteiger partial charge in [0, 0.05) is 43.2 Å². The minimum absolute atomic E-state index is 0.197. The lowest BCUT2D eigenvalue weighted by Crippen LogP contribution is -2.56. The molecular weight excluding hydrogens is 467 g/mol. The van der Waals surface area contributed by atoms with Gasteiger partial charge >= 0.3 is 6.09 Å². The molecule has 188 valence electrons. The maximum absolute atomic E-state index is 14.7. The zero-order valence-corrected chi connectivity index (χ0v) is 20.0. The zero-order valence-electron chi connectivity index (χ0n) is 20.0. The van der Waals surface area contributed by atoms with Gasteiger partial charge in [0.05, 0.1) is 30.0 Å². The molecule has 0 radical (unpaired) electrons. The van der Waals surface area contributed by atoms with Crippen molar-refractivity contribution < 1.29 is 28.1 Å². The smallest absolute Gasteiger partial charge is 0.414 e. The van der Waals surface area contributed by atoms with Crippen LogP contribution in [0.1, 0.15) is 12.0 Å². The lowest BCUT2D eigenvalue weighted by molar-refractivity contribution is -0.00650. The number of benzene rings is 1. The second-order valence-corrected chi connectivity index (χ2v) is 9.27. The molecule has 3 aromatic rings. The molecule has 9 nitrogen and oxygen atoms in total. The number of methoxy groups -OCH3 is 1. The van der Waals surface area contributed by atoms with Gasteiger partial charge in [0.25, 0.3) is 0 Å². The third kappa shape index (κ3) is 4.26. The van der Waals surface area contributed by atoms with Crippen molar-refractivity contribution in [2.24, 2.45) is 5.92 Å².